The molecule has 2 aliphatic carbocycles. The molecule has 0 amide bonds. The van der Waals surface area contributed by atoms with Crippen LogP contribution in [0.5, 0.6) is 0 Å². The average molecular weight is 275 g/mol. The average Bonchev–Trinajstić information content (AvgIpc) is 2.89. The van der Waals surface area contributed by atoms with Crippen molar-refractivity contribution in [1.82, 2.24) is 0 Å². The molecule has 2 aliphatic rings. The molecule has 1 saturated carbocycles. The van der Waals surface area contributed by atoms with Crippen LogP contribution in [-0.4, -0.2) is 0 Å². The summed E-state index contributed by atoms with van der Waals surface area (Å²) in [4.78, 5) is 1.34. The van der Waals surface area contributed by atoms with Crippen molar-refractivity contribution in [3.05, 3.63) is 57.8 Å². The molecule has 0 N–H and O–H groups in total. The number of benzene rings is 1. The Labute approximate surface area is 117 Å². The first-order chi connectivity index (χ1) is 8.86. The third-order valence-electron chi connectivity index (χ3n) is 4.54. The largest absolute Gasteiger partial charge is 0.147 e. The van der Waals surface area contributed by atoms with Crippen LogP contribution in [0.3, 0.4) is 0 Å². The lowest BCUT2D eigenvalue weighted by molar-refractivity contribution is 0.624. The molecule has 2 aromatic rings. The van der Waals surface area contributed by atoms with Crippen molar-refractivity contribution in [3.63, 3.8) is 0 Å². The summed E-state index contributed by atoms with van der Waals surface area (Å²) in [7, 11) is 0. The lowest BCUT2D eigenvalue weighted by Crippen LogP contribution is -2.00. The van der Waals surface area contributed by atoms with E-state index in [2.05, 4.69) is 41.8 Å². The molecular weight excluding hydrogens is 260 g/mol. The Balaban J connectivity index is 1.65. The van der Waals surface area contributed by atoms with E-state index in [9.17, 15) is 0 Å². The molecule has 1 aromatic heterocycles. The summed E-state index contributed by atoms with van der Waals surface area (Å²) < 4.78 is 0. The van der Waals surface area contributed by atoms with Gasteiger partial charge in [0.05, 0.1) is 5.38 Å². The van der Waals surface area contributed by atoms with Crippen molar-refractivity contribution in [3.8, 4) is 0 Å². The molecule has 4 unspecified atom stereocenters. The highest BCUT2D eigenvalue weighted by Crippen LogP contribution is 2.65. The summed E-state index contributed by atoms with van der Waals surface area (Å²) >= 11 is 8.49. The fraction of sp³-hybridized carbons (Fsp3) is 0.375. The van der Waals surface area contributed by atoms with Crippen LogP contribution in [-0.2, 0) is 6.42 Å². The molecule has 0 aliphatic heterocycles. The van der Waals surface area contributed by atoms with E-state index in [1.54, 1.807) is 22.5 Å². The summed E-state index contributed by atoms with van der Waals surface area (Å²) in [5.74, 6) is 2.21. The Morgan fingerprint density at radius 1 is 1.17 bits per heavy atom. The summed E-state index contributed by atoms with van der Waals surface area (Å²) in [6.45, 7) is 0. The predicted octanol–water partition coefficient (Wildman–Crippen LogP) is 5.00. The van der Waals surface area contributed by atoms with Gasteiger partial charge in [0, 0.05) is 4.88 Å². The first kappa shape index (κ1) is 11.1. The number of rotatable bonds is 2. The van der Waals surface area contributed by atoms with Crippen LogP contribution < -0.4 is 0 Å². The van der Waals surface area contributed by atoms with E-state index in [1.165, 1.54) is 17.7 Å². The second kappa shape index (κ2) is 4.11. The van der Waals surface area contributed by atoms with Crippen LogP contribution >= 0.6 is 22.9 Å². The van der Waals surface area contributed by atoms with Gasteiger partial charge in [0.1, 0.15) is 0 Å². The van der Waals surface area contributed by atoms with Crippen molar-refractivity contribution in [2.75, 3.05) is 0 Å². The molecule has 1 aromatic carbocycles. The zero-order valence-electron chi connectivity index (χ0n) is 10.1. The third kappa shape index (κ3) is 1.57. The van der Waals surface area contributed by atoms with Crippen LogP contribution in [0.2, 0.25) is 0 Å². The van der Waals surface area contributed by atoms with Gasteiger partial charge in [-0.15, -0.1) is 22.9 Å². The van der Waals surface area contributed by atoms with Crippen LogP contribution in [0.4, 0.5) is 0 Å². The van der Waals surface area contributed by atoms with Gasteiger partial charge in [-0.25, -0.2) is 0 Å². The van der Waals surface area contributed by atoms with Gasteiger partial charge in [0.15, 0.2) is 0 Å². The smallest absolute Gasteiger partial charge is 0.0715 e. The Morgan fingerprint density at radius 3 is 2.89 bits per heavy atom. The molecule has 0 spiro atoms. The topological polar surface area (TPSA) is 0 Å². The summed E-state index contributed by atoms with van der Waals surface area (Å²) in [6, 6.07) is 13.2. The second-order valence-electron chi connectivity index (χ2n) is 5.42. The van der Waals surface area contributed by atoms with Gasteiger partial charge >= 0.3 is 0 Å². The fourth-order valence-corrected chi connectivity index (χ4v) is 4.99. The van der Waals surface area contributed by atoms with Crippen LogP contribution in [0, 0.1) is 11.8 Å². The minimum atomic E-state index is 0.214. The van der Waals surface area contributed by atoms with Gasteiger partial charge in [-0.3, -0.25) is 0 Å². The molecule has 92 valence electrons. The summed E-state index contributed by atoms with van der Waals surface area (Å²) in [5, 5.41) is 2.34. The predicted molar refractivity (Wildman–Crippen MR) is 77.4 cm³/mol. The van der Waals surface area contributed by atoms with E-state index in [-0.39, 0.29) is 5.38 Å². The first-order valence-corrected chi connectivity index (χ1v) is 7.93. The SMILES string of the molecule is ClC(c1cccs1)C1C2CCc3ccccc3C21. The minimum absolute atomic E-state index is 0.214. The molecular formula is C16H15ClS. The highest BCUT2D eigenvalue weighted by molar-refractivity contribution is 7.10. The van der Waals surface area contributed by atoms with E-state index < -0.39 is 0 Å². The maximum atomic E-state index is 6.70. The number of aryl methyl sites for hydroxylation is 1. The fourth-order valence-electron chi connectivity index (χ4n) is 3.66. The van der Waals surface area contributed by atoms with Gasteiger partial charge in [0.25, 0.3) is 0 Å². The molecule has 0 saturated heterocycles. The van der Waals surface area contributed by atoms with Crippen molar-refractivity contribution < 1.29 is 0 Å². The highest BCUT2D eigenvalue weighted by atomic mass is 35.5. The quantitative estimate of drug-likeness (QED) is 0.676. The molecule has 1 fully saturated rings. The Morgan fingerprint density at radius 2 is 2.06 bits per heavy atom. The van der Waals surface area contributed by atoms with Gasteiger partial charge in [0.2, 0.25) is 0 Å². The van der Waals surface area contributed by atoms with Gasteiger partial charge in [-0.2, -0.15) is 0 Å². The molecule has 1 heterocycles. The van der Waals surface area contributed by atoms with Crippen molar-refractivity contribution in [2.45, 2.75) is 24.1 Å². The maximum absolute atomic E-state index is 6.70. The monoisotopic (exact) mass is 274 g/mol. The van der Waals surface area contributed by atoms with Crippen molar-refractivity contribution in [2.24, 2.45) is 11.8 Å². The highest BCUT2D eigenvalue weighted by Gasteiger charge is 2.56. The lowest BCUT2D eigenvalue weighted by Gasteiger charge is -2.13. The normalized spacial score (nSPS) is 30.4. The number of hydrogen-bond acceptors (Lipinski definition) is 1. The van der Waals surface area contributed by atoms with E-state index >= 15 is 0 Å². The molecule has 2 heteroatoms. The van der Waals surface area contributed by atoms with Gasteiger partial charge in [-0.1, -0.05) is 30.3 Å². The van der Waals surface area contributed by atoms with Crippen molar-refractivity contribution in [1.29, 1.82) is 0 Å². The molecule has 0 bridgehead atoms. The van der Waals surface area contributed by atoms with Crippen LogP contribution in [0.1, 0.15) is 33.7 Å². The minimum Gasteiger partial charge on any atom is -0.147 e. The van der Waals surface area contributed by atoms with Crippen LogP contribution in [0.15, 0.2) is 41.8 Å². The molecule has 4 rings (SSSR count). The number of alkyl halides is 1. The second-order valence-corrected chi connectivity index (χ2v) is 6.87. The van der Waals surface area contributed by atoms with E-state index in [0.717, 1.165) is 11.8 Å². The number of halogens is 1. The Bertz CT molecular complexity index is 560. The zero-order valence-corrected chi connectivity index (χ0v) is 11.6. The lowest BCUT2D eigenvalue weighted by atomic mass is 9.92. The van der Waals surface area contributed by atoms with Crippen molar-refractivity contribution >= 4 is 22.9 Å². The Hall–Kier alpha value is -0.790. The van der Waals surface area contributed by atoms with Gasteiger partial charge in [-0.05, 0) is 53.2 Å². The first-order valence-electron chi connectivity index (χ1n) is 6.61. The molecule has 0 nitrogen and oxygen atoms in total. The Kier molecular flexibility index (Phi) is 2.53. The van der Waals surface area contributed by atoms with Gasteiger partial charge < -0.3 is 0 Å². The molecule has 18 heavy (non-hydrogen) atoms. The number of fused-ring (bicyclic) bond motifs is 3. The van der Waals surface area contributed by atoms with E-state index in [4.69, 9.17) is 11.6 Å². The zero-order chi connectivity index (χ0) is 12.1. The summed E-state index contributed by atoms with van der Waals surface area (Å²) in [6.07, 6.45) is 2.56. The van der Waals surface area contributed by atoms with E-state index in [0.29, 0.717) is 5.92 Å². The number of thiophene rings is 1. The standard InChI is InChI=1S/C16H15ClS/c17-16(13-6-3-9-18-13)15-12-8-7-10-4-1-2-5-11(10)14(12)15/h1-6,9,12,14-16H,7-8H2. The van der Waals surface area contributed by atoms with E-state index in [1.807, 2.05) is 0 Å². The molecule has 4 atom stereocenters. The third-order valence-corrected chi connectivity index (χ3v) is 6.15. The number of hydrogen-bond donors (Lipinski definition) is 0. The van der Waals surface area contributed by atoms with Crippen LogP contribution in [0.25, 0.3) is 0 Å². The summed E-state index contributed by atoms with van der Waals surface area (Å²) in [5.41, 5.74) is 3.12. The molecule has 0 radical (unpaired) electrons. The maximum Gasteiger partial charge on any atom is 0.0715 e.